The first-order valence-electron chi connectivity index (χ1n) is 25.3. The number of fused-ring (bicyclic) bond motifs is 19. The van der Waals surface area contributed by atoms with Crippen LogP contribution in [0.5, 0.6) is 0 Å². The van der Waals surface area contributed by atoms with E-state index in [4.69, 9.17) is 20.0 Å². The minimum Gasteiger partial charge on any atom is -0.344 e. The van der Waals surface area contributed by atoms with Gasteiger partial charge >= 0.3 is 20.7 Å². The maximum atomic E-state index is 5.58. The van der Waals surface area contributed by atoms with Gasteiger partial charge < -0.3 is 20.6 Å². The summed E-state index contributed by atoms with van der Waals surface area (Å²) in [6.45, 7) is 0. The van der Waals surface area contributed by atoms with Gasteiger partial charge in [0, 0.05) is 61.3 Å². The van der Waals surface area contributed by atoms with Crippen LogP contribution in [-0.4, -0.2) is 199 Å². The van der Waals surface area contributed by atoms with Gasteiger partial charge in [-0.2, -0.15) is 0 Å². The minimum absolute atomic E-state index is 0.173. The zero-order valence-electron chi connectivity index (χ0n) is 46.9. The number of nitrogens with one attached hydrogen (secondary N) is 4. The molecule has 5 heterocycles. The number of hydrogen-bond acceptors (Lipinski definition) is 10. The summed E-state index contributed by atoms with van der Waals surface area (Å²) in [5.74, 6) is 6.74. The van der Waals surface area contributed by atoms with Crippen molar-refractivity contribution >= 4 is 113 Å². The number of rotatable bonds is 8. The summed E-state index contributed by atoms with van der Waals surface area (Å²) in [6.07, 6.45) is 6.36. The van der Waals surface area contributed by atoms with Crippen LogP contribution in [0, 0.1) is 5.92 Å². The smallest absolute Gasteiger partial charge is 0.307 e. The molecule has 0 spiro atoms. The van der Waals surface area contributed by atoms with Crippen molar-refractivity contribution in [3.05, 3.63) is 129 Å². The lowest BCUT2D eigenvalue weighted by molar-refractivity contribution is -0.466. The van der Waals surface area contributed by atoms with Crippen molar-refractivity contribution in [3.8, 4) is 0 Å². The summed E-state index contributed by atoms with van der Waals surface area (Å²) in [6, 6.07) is 20.1. The number of nitrogens with zero attached hydrogens (tertiary/aromatic N) is 12. The molecule has 0 fully saturated rings. The highest BCUT2D eigenvalue weighted by atomic mass is 32.2. The van der Waals surface area contributed by atoms with E-state index in [-0.39, 0.29) is 5.92 Å². The first kappa shape index (κ1) is 54.6. The molecule has 2 aromatic heterocycles. The van der Waals surface area contributed by atoms with Crippen molar-refractivity contribution in [1.29, 1.82) is 0 Å². The average molecular weight is 1100 g/mol. The summed E-state index contributed by atoms with van der Waals surface area (Å²) in [7, 11) is 33.5. The predicted octanol–water partition coefficient (Wildman–Crippen LogP) is 6.43. The number of H-pyrrole nitrogens is 2. The number of benzene rings is 3. The van der Waals surface area contributed by atoms with E-state index in [1.165, 1.54) is 42.9 Å². The molecule has 2 unspecified atom stereocenters. The molecular formula is C56H74N16S4+4. The molecular weight excluding hydrogens is 1020 g/mol. The summed E-state index contributed by atoms with van der Waals surface area (Å²) in [4.78, 5) is 38.4. The molecule has 1 aliphatic carbocycles. The van der Waals surface area contributed by atoms with Crippen LogP contribution in [-0.2, 0) is 17.3 Å². The van der Waals surface area contributed by atoms with Crippen LogP contribution < -0.4 is 21.6 Å². The van der Waals surface area contributed by atoms with Crippen molar-refractivity contribution in [2.24, 2.45) is 25.9 Å². The summed E-state index contributed by atoms with van der Waals surface area (Å²) in [5.41, 5.74) is 9.40. The van der Waals surface area contributed by atoms with Gasteiger partial charge in [-0.3, -0.25) is 37.9 Å². The van der Waals surface area contributed by atoms with Gasteiger partial charge in [-0.1, -0.05) is 54.6 Å². The van der Waals surface area contributed by atoms with E-state index in [0.717, 1.165) is 101 Å². The van der Waals surface area contributed by atoms with Gasteiger partial charge in [0.15, 0.2) is 0 Å². The minimum atomic E-state index is -0.437. The highest BCUT2D eigenvalue weighted by molar-refractivity contribution is 8.14. The van der Waals surface area contributed by atoms with Crippen molar-refractivity contribution in [1.82, 2.24) is 40.2 Å². The van der Waals surface area contributed by atoms with Gasteiger partial charge in [0.1, 0.15) is 46.3 Å². The van der Waals surface area contributed by atoms with Gasteiger partial charge in [0.25, 0.3) is 0 Å². The quantitative estimate of drug-likeness (QED) is 0.0785. The molecule has 0 saturated carbocycles. The number of hydrogen-bond donors (Lipinski definition) is 4. The first-order valence-corrected chi connectivity index (χ1v) is 29.2. The van der Waals surface area contributed by atoms with E-state index in [1.54, 1.807) is 0 Å². The second kappa shape index (κ2) is 22.8. The van der Waals surface area contributed by atoms with E-state index in [9.17, 15) is 0 Å². The molecule has 3 aliphatic heterocycles. The predicted molar refractivity (Wildman–Crippen MR) is 325 cm³/mol. The number of aliphatic imine (C=N–C) groups is 2. The van der Waals surface area contributed by atoms with Crippen LogP contribution in [0.1, 0.15) is 34.0 Å². The van der Waals surface area contributed by atoms with Gasteiger partial charge in [-0.25, -0.2) is 20.0 Å². The number of aromatic amines is 2. The zero-order valence-corrected chi connectivity index (χ0v) is 50.2. The van der Waals surface area contributed by atoms with Crippen molar-refractivity contribution in [2.75, 3.05) is 119 Å². The fourth-order valence-electron chi connectivity index (χ4n) is 10.0. The van der Waals surface area contributed by atoms with Crippen molar-refractivity contribution in [2.45, 2.75) is 23.4 Å². The third-order valence-electron chi connectivity index (χ3n) is 13.1. The average Bonchev–Trinajstić information content (AvgIpc) is 4.10. The summed E-state index contributed by atoms with van der Waals surface area (Å²) >= 11 is 7.26. The van der Waals surface area contributed by atoms with Crippen LogP contribution >= 0.6 is 47.0 Å². The largest absolute Gasteiger partial charge is 0.344 e. The Hall–Kier alpha value is -6.22. The van der Waals surface area contributed by atoms with Crippen LogP contribution in [0.2, 0.25) is 0 Å². The number of amidine groups is 6. The Morgan fingerprint density at radius 2 is 1.04 bits per heavy atom. The SMILES string of the molecule is CN(C)C(SCC1=CC2C3=Nc4[nH]c(c5ccc(CSC(N(C)C)=[N+](C)C)cc45)N=C4NC(N=c5[nH]c(c6ccc(CSC(N(C)C)=[N+](C)C)cc56)=NC(=C2C=C1)N3)c1ccc(CSC(N(C)C)=[N+](C)C)cc14)=[N+](C)C. The number of thioether (sulfide) groups is 4. The molecule has 2 atom stereocenters. The molecule has 9 rings (SSSR count). The highest BCUT2D eigenvalue weighted by Gasteiger charge is 2.33. The lowest BCUT2D eigenvalue weighted by atomic mass is 9.92. The molecule has 0 saturated heterocycles. The molecule has 3 aromatic carbocycles. The second-order valence-corrected chi connectivity index (χ2v) is 24.8. The molecule has 4 N–H and O–H groups in total. The van der Waals surface area contributed by atoms with Gasteiger partial charge in [0.2, 0.25) is 0 Å². The zero-order chi connectivity index (χ0) is 54.3. The Kier molecular flexibility index (Phi) is 16.4. The van der Waals surface area contributed by atoms with E-state index in [2.05, 4.69) is 244 Å². The monoisotopic (exact) mass is 1100 g/mol. The van der Waals surface area contributed by atoms with Crippen LogP contribution in [0.3, 0.4) is 0 Å². The Morgan fingerprint density at radius 1 is 0.526 bits per heavy atom. The van der Waals surface area contributed by atoms with E-state index in [1.807, 2.05) is 47.0 Å². The van der Waals surface area contributed by atoms with Gasteiger partial charge in [-0.15, -0.1) is 0 Å². The summed E-state index contributed by atoms with van der Waals surface area (Å²) < 4.78 is 8.66. The fraction of sp³-hybridized carbons (Fsp3) is 0.393. The molecule has 8 bridgehead atoms. The molecule has 5 aromatic rings. The third kappa shape index (κ3) is 11.5. The number of aromatic nitrogens is 2. The third-order valence-corrected chi connectivity index (χ3v) is 18.9. The molecule has 0 amide bonds. The molecule has 76 heavy (non-hydrogen) atoms. The number of allylic oxidation sites excluding steroid dienone is 2. The van der Waals surface area contributed by atoms with E-state index < -0.39 is 6.17 Å². The molecule has 398 valence electrons. The van der Waals surface area contributed by atoms with E-state index >= 15 is 0 Å². The normalized spacial score (nSPS) is 16.1. The Balaban J connectivity index is 1.25. The maximum Gasteiger partial charge on any atom is 0.307 e. The van der Waals surface area contributed by atoms with Gasteiger partial charge in [0.05, 0.1) is 119 Å². The van der Waals surface area contributed by atoms with Crippen LogP contribution in [0.15, 0.2) is 110 Å². The topological polar surface area (TPSA) is 130 Å². The van der Waals surface area contributed by atoms with Crippen molar-refractivity contribution < 1.29 is 18.3 Å². The maximum absolute atomic E-state index is 5.58. The van der Waals surface area contributed by atoms with Crippen LogP contribution in [0.25, 0.3) is 21.5 Å². The van der Waals surface area contributed by atoms with Crippen molar-refractivity contribution in [3.63, 3.8) is 0 Å². The fourth-order valence-corrected chi connectivity index (χ4v) is 14.0. The highest BCUT2D eigenvalue weighted by Crippen LogP contribution is 2.40. The Bertz CT molecular complexity index is 3550. The van der Waals surface area contributed by atoms with E-state index in [0.29, 0.717) is 0 Å². The second-order valence-electron chi connectivity index (χ2n) is 21.0. The lowest BCUT2D eigenvalue weighted by Crippen LogP contribution is -2.27. The first-order chi connectivity index (χ1) is 36.2. The molecule has 16 nitrogen and oxygen atoms in total. The standard InChI is InChI=1S/C56H74N16S4/c1-65(2)53(66(3)4)73-29-33-17-21-37-41(25-33)49-58-45(37)57-46-38-22-18-35(31-75-55(69(9)10)70(11)12)27-43(38)51(59-46)64-52-44-28-36(32-76-56(71(13)14)72(15)16)20-24-40(44)48(63-52)62-50-42-26-34(19-23-39(42)47(60-49)61-50)30-74-54(67(5)6)68(7)8/h17-28,43,47,63H,29-32H2,1-16H3,(H,59,64)(H,61,62)(H,57,58,60)/q+4. The molecule has 0 radical (unpaired) electrons. The Labute approximate surface area is 464 Å². The molecule has 4 aliphatic rings. The lowest BCUT2D eigenvalue weighted by Gasteiger charge is -2.16. The van der Waals surface area contributed by atoms with Gasteiger partial charge in [-0.05, 0) is 87.5 Å². The van der Waals surface area contributed by atoms with Crippen LogP contribution in [0.4, 0.5) is 11.6 Å². The summed E-state index contributed by atoms with van der Waals surface area (Å²) in [5, 5.41) is 16.3. The molecule has 20 heteroatoms. The Morgan fingerprint density at radius 3 is 1.61 bits per heavy atom.